The van der Waals surface area contributed by atoms with Gasteiger partial charge in [-0.2, -0.15) is 10.2 Å². The predicted molar refractivity (Wildman–Crippen MR) is 51.0 cm³/mol. The Bertz CT molecular complexity index is 87.2. The first-order chi connectivity index (χ1) is 3.00. The van der Waals surface area contributed by atoms with Crippen LogP contribution in [0.25, 0.3) is 0 Å². The van der Waals surface area contributed by atoms with E-state index in [1.165, 1.54) is 0 Å². The molecular weight excluding hydrogens is 218 g/mol. The van der Waals surface area contributed by atoms with Crippen molar-refractivity contribution in [3.8, 4) is 0 Å². The highest BCUT2D eigenvalue weighted by molar-refractivity contribution is 5.86. The number of hydrogen-bond donors (Lipinski definition) is 0. The quantitative estimate of drug-likeness (QED) is 0.677. The van der Waals surface area contributed by atoms with E-state index in [1.807, 2.05) is 12.1 Å². The Morgan fingerprint density at radius 1 is 0.600 bits per heavy atom. The summed E-state index contributed by atoms with van der Waals surface area (Å²) in [6.07, 6.45) is 3.28. The molecule has 0 amide bonds. The smallest absolute Gasteiger partial charge is 0.0496 e. The minimum Gasteiger partial charge on any atom is -0.159 e. The predicted octanol–water partition coefficient (Wildman–Crippen LogP) is 2.16. The van der Waals surface area contributed by atoms with Crippen molar-refractivity contribution in [2.45, 2.75) is 0 Å². The third-order valence-electron chi connectivity index (χ3n) is 0.483. The molecule has 2 nitrogen and oxygen atoms in total. The van der Waals surface area contributed by atoms with Gasteiger partial charge in [-0.25, -0.2) is 0 Å². The second kappa shape index (κ2) is 16.1. The highest BCUT2D eigenvalue weighted by Gasteiger charge is 1.59. The van der Waals surface area contributed by atoms with E-state index in [-0.39, 0.29) is 49.6 Å². The van der Waals surface area contributed by atoms with Crippen molar-refractivity contribution < 1.29 is 0 Å². The zero-order chi connectivity index (χ0) is 4.24. The lowest BCUT2D eigenvalue weighted by Gasteiger charge is -1.69. The molecule has 1 aromatic rings. The van der Waals surface area contributed by atoms with E-state index in [0.29, 0.717) is 0 Å². The molecule has 0 aromatic carbocycles. The summed E-state index contributed by atoms with van der Waals surface area (Å²) < 4.78 is 0. The van der Waals surface area contributed by atoms with E-state index >= 15 is 0 Å². The first kappa shape index (κ1) is 22.5. The van der Waals surface area contributed by atoms with Gasteiger partial charge in [0.25, 0.3) is 0 Å². The average molecular weight is 226 g/mol. The fourth-order valence-electron chi connectivity index (χ4n) is 0.253. The molecule has 0 radical (unpaired) electrons. The van der Waals surface area contributed by atoms with E-state index in [0.717, 1.165) is 0 Å². The minimum atomic E-state index is 0. The van der Waals surface area contributed by atoms with Crippen LogP contribution in [0, 0.1) is 0 Å². The molecule has 0 aliphatic heterocycles. The van der Waals surface area contributed by atoms with Crippen LogP contribution in [-0.2, 0) is 0 Å². The zero-order valence-corrected chi connectivity index (χ0v) is 8.10. The summed E-state index contributed by atoms with van der Waals surface area (Å²) in [6, 6.07) is 3.65. The highest BCUT2D eigenvalue weighted by Crippen LogP contribution is 1.68. The molecular formula is C4H8Cl4N2. The van der Waals surface area contributed by atoms with E-state index in [9.17, 15) is 0 Å². The van der Waals surface area contributed by atoms with E-state index in [4.69, 9.17) is 0 Å². The Morgan fingerprint density at radius 3 is 1.00 bits per heavy atom. The minimum absolute atomic E-state index is 0. The molecule has 0 aliphatic rings. The molecule has 0 N–H and O–H groups in total. The molecule has 0 fully saturated rings. The Hall–Kier alpha value is 0.240. The number of halogens is 4. The lowest BCUT2D eigenvalue weighted by molar-refractivity contribution is 1.03. The normalized spacial score (nSPS) is 4.80. The van der Waals surface area contributed by atoms with Crippen LogP contribution in [0.4, 0.5) is 0 Å². The maximum atomic E-state index is 3.53. The fraction of sp³-hybridized carbons (Fsp3) is 0. The monoisotopic (exact) mass is 224 g/mol. The summed E-state index contributed by atoms with van der Waals surface area (Å²) in [7, 11) is 0. The first-order valence-electron chi connectivity index (χ1n) is 1.72. The van der Waals surface area contributed by atoms with Crippen LogP contribution in [-0.4, -0.2) is 10.2 Å². The summed E-state index contributed by atoms with van der Waals surface area (Å²) in [5, 5.41) is 7.07. The fourth-order valence-corrected chi connectivity index (χ4v) is 0.253. The van der Waals surface area contributed by atoms with Crippen LogP contribution in [0.2, 0.25) is 0 Å². The molecule has 0 spiro atoms. The van der Waals surface area contributed by atoms with Crippen molar-refractivity contribution >= 4 is 49.6 Å². The molecule has 10 heavy (non-hydrogen) atoms. The van der Waals surface area contributed by atoms with Crippen LogP contribution < -0.4 is 0 Å². The lowest BCUT2D eigenvalue weighted by Crippen LogP contribution is -1.69. The van der Waals surface area contributed by atoms with Gasteiger partial charge in [0.2, 0.25) is 0 Å². The van der Waals surface area contributed by atoms with Crippen molar-refractivity contribution in [3.63, 3.8) is 0 Å². The molecule has 0 saturated carbocycles. The first-order valence-corrected chi connectivity index (χ1v) is 1.72. The van der Waals surface area contributed by atoms with Gasteiger partial charge in [0.1, 0.15) is 0 Å². The van der Waals surface area contributed by atoms with E-state index < -0.39 is 0 Å². The van der Waals surface area contributed by atoms with Crippen molar-refractivity contribution in [2.24, 2.45) is 0 Å². The Balaban J connectivity index is -0.0000000450. The van der Waals surface area contributed by atoms with Gasteiger partial charge in [-0.15, -0.1) is 49.6 Å². The van der Waals surface area contributed by atoms with Gasteiger partial charge < -0.3 is 0 Å². The van der Waals surface area contributed by atoms with Crippen molar-refractivity contribution in [2.75, 3.05) is 0 Å². The van der Waals surface area contributed by atoms with Gasteiger partial charge >= 0.3 is 0 Å². The van der Waals surface area contributed by atoms with Gasteiger partial charge in [-0.3, -0.25) is 0 Å². The van der Waals surface area contributed by atoms with Crippen molar-refractivity contribution in [3.05, 3.63) is 24.5 Å². The lowest BCUT2D eigenvalue weighted by atomic mass is 10.6. The molecule has 0 unspecified atom stereocenters. The molecule has 62 valence electrons. The largest absolute Gasteiger partial charge is 0.159 e. The Labute approximate surface area is 84.5 Å². The van der Waals surface area contributed by atoms with Crippen LogP contribution in [0.3, 0.4) is 0 Å². The maximum absolute atomic E-state index is 3.53. The number of rotatable bonds is 0. The molecule has 0 aliphatic carbocycles. The van der Waals surface area contributed by atoms with Gasteiger partial charge in [0.15, 0.2) is 0 Å². The molecule has 1 aromatic heterocycles. The third-order valence-corrected chi connectivity index (χ3v) is 0.483. The Kier molecular flexibility index (Phi) is 36.2. The summed E-state index contributed by atoms with van der Waals surface area (Å²) in [6.45, 7) is 0. The van der Waals surface area contributed by atoms with Crippen molar-refractivity contribution in [1.82, 2.24) is 10.2 Å². The average Bonchev–Trinajstić information content (AvgIpc) is 1.72. The van der Waals surface area contributed by atoms with Crippen molar-refractivity contribution in [1.29, 1.82) is 0 Å². The van der Waals surface area contributed by atoms with Gasteiger partial charge in [0, 0.05) is 12.4 Å². The summed E-state index contributed by atoms with van der Waals surface area (Å²) in [5.41, 5.74) is 0. The van der Waals surface area contributed by atoms with E-state index in [2.05, 4.69) is 10.2 Å². The molecule has 0 saturated heterocycles. The molecule has 6 heteroatoms. The number of aromatic nitrogens is 2. The van der Waals surface area contributed by atoms with Gasteiger partial charge in [-0.05, 0) is 12.1 Å². The Morgan fingerprint density at radius 2 is 0.900 bits per heavy atom. The molecule has 0 atom stereocenters. The molecule has 1 rings (SSSR count). The van der Waals surface area contributed by atoms with Crippen LogP contribution in [0.1, 0.15) is 0 Å². The SMILES string of the molecule is Cl.Cl.Cl.Cl.c1ccnnc1. The van der Waals surface area contributed by atoms with E-state index in [1.54, 1.807) is 12.4 Å². The van der Waals surface area contributed by atoms with Gasteiger partial charge in [-0.1, -0.05) is 0 Å². The highest BCUT2D eigenvalue weighted by atomic mass is 35.5. The van der Waals surface area contributed by atoms with Crippen LogP contribution in [0.5, 0.6) is 0 Å². The topological polar surface area (TPSA) is 25.8 Å². The summed E-state index contributed by atoms with van der Waals surface area (Å²) >= 11 is 0. The molecule has 0 bridgehead atoms. The second-order valence-corrected chi connectivity index (χ2v) is 0.914. The number of hydrogen-bond acceptors (Lipinski definition) is 2. The maximum Gasteiger partial charge on any atom is 0.0496 e. The van der Waals surface area contributed by atoms with Crippen LogP contribution in [0.15, 0.2) is 24.5 Å². The zero-order valence-electron chi connectivity index (χ0n) is 4.84. The summed E-state index contributed by atoms with van der Waals surface area (Å²) in [4.78, 5) is 0. The molecule has 1 heterocycles. The van der Waals surface area contributed by atoms with Crippen LogP contribution >= 0.6 is 49.6 Å². The standard InChI is InChI=1S/C4H4N2.4ClH/c1-2-4-6-5-3-1;;;;/h1-4H;4*1H. The van der Waals surface area contributed by atoms with Gasteiger partial charge in [0.05, 0.1) is 0 Å². The summed E-state index contributed by atoms with van der Waals surface area (Å²) in [5.74, 6) is 0. The number of nitrogens with zero attached hydrogens (tertiary/aromatic N) is 2. The second-order valence-electron chi connectivity index (χ2n) is 0.914. The third kappa shape index (κ3) is 11.1.